The zero-order valence-electron chi connectivity index (χ0n) is 16.8. The lowest BCUT2D eigenvalue weighted by atomic mass is 10.1. The molecular weight excluding hydrogens is 456 g/mol. The van der Waals surface area contributed by atoms with Crippen molar-refractivity contribution in [2.75, 3.05) is 6.26 Å². The van der Waals surface area contributed by atoms with Crippen LogP contribution in [0.4, 0.5) is 0 Å². The molecular formula is C22H20O8S2. The molecule has 0 aliphatic rings. The molecule has 10 heteroatoms. The Labute approximate surface area is 185 Å². The zero-order chi connectivity index (χ0) is 23.9. The molecule has 0 aromatic heterocycles. The van der Waals surface area contributed by atoms with Gasteiger partial charge in [0.15, 0.2) is 0 Å². The third kappa shape index (κ3) is 7.75. The Kier molecular flexibility index (Phi) is 8.06. The number of hydrogen-bond donors (Lipinski definition) is 3. The second-order valence-electron chi connectivity index (χ2n) is 6.55. The first-order valence-electron chi connectivity index (χ1n) is 8.96. The van der Waals surface area contributed by atoms with Gasteiger partial charge in [-0.25, -0.2) is 4.79 Å². The van der Waals surface area contributed by atoms with Crippen molar-refractivity contribution in [1.29, 1.82) is 0 Å². The van der Waals surface area contributed by atoms with E-state index in [0.717, 1.165) is 21.5 Å². The van der Waals surface area contributed by atoms with Crippen molar-refractivity contribution < 1.29 is 35.8 Å². The van der Waals surface area contributed by atoms with Crippen LogP contribution in [0.5, 0.6) is 0 Å². The quantitative estimate of drug-likeness (QED) is 0.366. The molecule has 0 aliphatic carbocycles. The monoisotopic (exact) mass is 476 g/mol. The molecule has 0 heterocycles. The molecule has 0 bridgehead atoms. The molecule has 0 unspecified atom stereocenters. The molecule has 4 aromatic carbocycles. The Morgan fingerprint density at radius 2 is 1.19 bits per heavy atom. The van der Waals surface area contributed by atoms with Gasteiger partial charge in [-0.1, -0.05) is 66.7 Å². The summed E-state index contributed by atoms with van der Waals surface area (Å²) in [4.78, 5) is 10.7. The Morgan fingerprint density at radius 3 is 1.75 bits per heavy atom. The normalized spacial score (nSPS) is 11.1. The summed E-state index contributed by atoms with van der Waals surface area (Å²) in [5.41, 5.74) is 0.359. The highest BCUT2D eigenvalue weighted by atomic mass is 32.2. The van der Waals surface area contributed by atoms with E-state index >= 15 is 0 Å². The molecule has 4 aromatic rings. The van der Waals surface area contributed by atoms with Gasteiger partial charge in [-0.3, -0.25) is 9.11 Å². The van der Waals surface area contributed by atoms with Crippen LogP contribution < -0.4 is 0 Å². The summed E-state index contributed by atoms with van der Waals surface area (Å²) in [7, 11) is -7.76. The molecule has 0 saturated heterocycles. The van der Waals surface area contributed by atoms with E-state index in [9.17, 15) is 21.6 Å². The van der Waals surface area contributed by atoms with Crippen LogP contribution in [0.15, 0.2) is 89.8 Å². The summed E-state index contributed by atoms with van der Waals surface area (Å²) in [5, 5.41) is 12.4. The Bertz CT molecular complexity index is 1450. The maximum atomic E-state index is 10.8. The lowest BCUT2D eigenvalue weighted by molar-refractivity contribution is 0.0699. The summed E-state index contributed by atoms with van der Waals surface area (Å²) < 4.78 is 56.4. The zero-order valence-corrected chi connectivity index (χ0v) is 18.4. The topological polar surface area (TPSA) is 146 Å². The van der Waals surface area contributed by atoms with Crippen LogP contribution >= 0.6 is 0 Å². The van der Waals surface area contributed by atoms with E-state index in [1.54, 1.807) is 24.3 Å². The first-order chi connectivity index (χ1) is 14.9. The van der Waals surface area contributed by atoms with Gasteiger partial charge in [-0.05, 0) is 39.7 Å². The van der Waals surface area contributed by atoms with Crippen molar-refractivity contribution in [3.8, 4) is 0 Å². The second kappa shape index (κ2) is 10.3. The third-order valence-electron chi connectivity index (χ3n) is 4.04. The van der Waals surface area contributed by atoms with Crippen LogP contribution in [-0.4, -0.2) is 43.3 Å². The van der Waals surface area contributed by atoms with Gasteiger partial charge < -0.3 is 5.11 Å². The Morgan fingerprint density at radius 1 is 0.688 bits per heavy atom. The van der Waals surface area contributed by atoms with Crippen molar-refractivity contribution in [1.82, 2.24) is 0 Å². The second-order valence-corrected chi connectivity index (χ2v) is 9.44. The summed E-state index contributed by atoms with van der Waals surface area (Å²) in [6.45, 7) is 0. The number of aromatic carboxylic acids is 1. The predicted molar refractivity (Wildman–Crippen MR) is 122 cm³/mol. The molecule has 32 heavy (non-hydrogen) atoms. The van der Waals surface area contributed by atoms with Gasteiger partial charge >= 0.3 is 5.97 Å². The van der Waals surface area contributed by atoms with Gasteiger partial charge in [0.1, 0.15) is 0 Å². The van der Waals surface area contributed by atoms with Crippen molar-refractivity contribution in [2.45, 2.75) is 4.90 Å². The van der Waals surface area contributed by atoms with Crippen molar-refractivity contribution in [2.24, 2.45) is 0 Å². The van der Waals surface area contributed by atoms with Crippen molar-refractivity contribution >= 4 is 47.8 Å². The molecule has 0 fully saturated rings. The molecule has 8 nitrogen and oxygen atoms in total. The van der Waals surface area contributed by atoms with Crippen LogP contribution in [0.3, 0.4) is 0 Å². The molecule has 0 aliphatic heterocycles. The van der Waals surface area contributed by atoms with E-state index in [4.69, 9.17) is 14.2 Å². The number of carboxylic acid groups (broad SMARTS) is 1. The molecule has 4 rings (SSSR count). The number of hydrogen-bond acceptors (Lipinski definition) is 5. The standard InChI is InChI=1S/C11H8O2.C10H8O3S.CH4O3S/c12-11(13)10-7-3-5-8-4-1-2-6-9(8)10;11-14(12,13)10-6-5-8-3-1-2-4-9(8)7-10;1-5(2,3)4/h1-7H,(H,12,13);1-7H,(H,11,12,13);1H3,(H,2,3,4). The van der Waals surface area contributed by atoms with Crippen LogP contribution in [0.1, 0.15) is 10.4 Å². The number of benzene rings is 4. The van der Waals surface area contributed by atoms with Gasteiger partial charge in [0.05, 0.1) is 16.7 Å². The van der Waals surface area contributed by atoms with Gasteiger partial charge in [-0.15, -0.1) is 0 Å². The molecule has 0 amide bonds. The SMILES string of the molecule is CS(=O)(=O)O.O=C(O)c1cccc2ccccc12.O=S(=O)(O)c1ccc2ccccc2c1. The van der Waals surface area contributed by atoms with Crippen LogP contribution in [0, 0.1) is 0 Å². The minimum absolute atomic E-state index is 0.0730. The Hall–Kier alpha value is -3.31. The molecule has 0 saturated carbocycles. The van der Waals surface area contributed by atoms with E-state index in [1.807, 2.05) is 48.5 Å². The summed E-state index contributed by atoms with van der Waals surface area (Å²) in [6.07, 6.45) is 0.715. The minimum Gasteiger partial charge on any atom is -0.478 e. The molecule has 0 spiro atoms. The van der Waals surface area contributed by atoms with Gasteiger partial charge in [-0.2, -0.15) is 16.8 Å². The fourth-order valence-corrected chi connectivity index (χ4v) is 3.26. The lowest BCUT2D eigenvalue weighted by Gasteiger charge is -2.00. The van der Waals surface area contributed by atoms with Crippen LogP contribution in [0.25, 0.3) is 21.5 Å². The van der Waals surface area contributed by atoms with Gasteiger partial charge in [0, 0.05) is 0 Å². The predicted octanol–water partition coefficient (Wildman–Crippen LogP) is 4.13. The fraction of sp³-hybridized carbons (Fsp3) is 0.0455. The van der Waals surface area contributed by atoms with E-state index in [1.165, 1.54) is 12.1 Å². The van der Waals surface area contributed by atoms with Crippen LogP contribution in [0.2, 0.25) is 0 Å². The summed E-state index contributed by atoms with van der Waals surface area (Å²) in [5.74, 6) is -0.878. The maximum absolute atomic E-state index is 10.8. The average molecular weight is 477 g/mol. The van der Waals surface area contributed by atoms with Crippen molar-refractivity contribution in [3.63, 3.8) is 0 Å². The molecule has 0 atom stereocenters. The largest absolute Gasteiger partial charge is 0.478 e. The highest BCUT2D eigenvalue weighted by Gasteiger charge is 2.09. The molecule has 0 radical (unpaired) electrons. The van der Waals surface area contributed by atoms with E-state index in [2.05, 4.69) is 0 Å². The van der Waals surface area contributed by atoms with Gasteiger partial charge in [0.25, 0.3) is 20.2 Å². The van der Waals surface area contributed by atoms with Crippen molar-refractivity contribution in [3.05, 3.63) is 90.5 Å². The number of carbonyl (C=O) groups is 1. The van der Waals surface area contributed by atoms with Gasteiger partial charge in [0.2, 0.25) is 0 Å². The third-order valence-corrected chi connectivity index (χ3v) is 4.89. The van der Waals surface area contributed by atoms with E-state index in [0.29, 0.717) is 11.8 Å². The molecule has 168 valence electrons. The Balaban J connectivity index is 0.000000189. The summed E-state index contributed by atoms with van der Waals surface area (Å²) in [6, 6.07) is 24.6. The minimum atomic E-state index is -4.09. The van der Waals surface area contributed by atoms with Crippen LogP contribution in [-0.2, 0) is 20.2 Å². The first-order valence-corrected chi connectivity index (χ1v) is 12.2. The number of rotatable bonds is 2. The van der Waals surface area contributed by atoms with E-state index in [-0.39, 0.29) is 4.90 Å². The highest BCUT2D eigenvalue weighted by molar-refractivity contribution is 7.85. The number of fused-ring (bicyclic) bond motifs is 2. The first kappa shape index (κ1) is 25.0. The fourth-order valence-electron chi connectivity index (χ4n) is 2.74. The molecule has 3 N–H and O–H groups in total. The number of carboxylic acids is 1. The highest BCUT2D eigenvalue weighted by Crippen LogP contribution is 2.19. The smallest absolute Gasteiger partial charge is 0.336 e. The van der Waals surface area contributed by atoms with E-state index < -0.39 is 26.2 Å². The average Bonchev–Trinajstić information content (AvgIpc) is 2.71. The lowest BCUT2D eigenvalue weighted by Crippen LogP contribution is -1.97. The summed E-state index contributed by atoms with van der Waals surface area (Å²) >= 11 is 0. The maximum Gasteiger partial charge on any atom is 0.336 e.